The Morgan fingerprint density at radius 1 is 1.25 bits per heavy atom. The minimum Gasteiger partial charge on any atom is -0.496 e. The van der Waals surface area contributed by atoms with Gasteiger partial charge in [-0.2, -0.15) is 0 Å². The summed E-state index contributed by atoms with van der Waals surface area (Å²) in [7, 11) is 3.09. The zero-order chi connectivity index (χ0) is 17.4. The minimum absolute atomic E-state index is 0.202. The van der Waals surface area contributed by atoms with Crippen LogP contribution >= 0.6 is 0 Å². The predicted octanol–water partition coefficient (Wildman–Crippen LogP) is 2.30. The van der Waals surface area contributed by atoms with Crippen LogP contribution in [0.2, 0.25) is 0 Å². The van der Waals surface area contributed by atoms with Crippen molar-refractivity contribution in [2.75, 3.05) is 40.4 Å². The number of rotatable bonds is 8. The fourth-order valence-electron chi connectivity index (χ4n) is 3.02. The van der Waals surface area contributed by atoms with Crippen molar-refractivity contribution in [2.45, 2.75) is 32.4 Å². The maximum Gasteiger partial charge on any atom is 0.406 e. The van der Waals surface area contributed by atoms with Crippen molar-refractivity contribution >= 4 is 6.09 Å². The molecular weight excluding hydrogens is 306 g/mol. The molecule has 1 atom stereocenters. The fraction of sp³-hybridized carbons (Fsp3) is 0.611. The number of alkyl carbamates (subject to hydrolysis) is 1. The van der Waals surface area contributed by atoms with E-state index in [-0.39, 0.29) is 6.04 Å². The summed E-state index contributed by atoms with van der Waals surface area (Å²) >= 11 is 0. The molecule has 1 fully saturated rings. The van der Waals surface area contributed by atoms with Crippen molar-refractivity contribution < 1.29 is 14.3 Å². The van der Waals surface area contributed by atoms with Gasteiger partial charge < -0.3 is 20.1 Å². The van der Waals surface area contributed by atoms with E-state index in [0.717, 1.165) is 12.3 Å². The van der Waals surface area contributed by atoms with Gasteiger partial charge in [0.15, 0.2) is 0 Å². The smallest absolute Gasteiger partial charge is 0.406 e. The molecule has 1 heterocycles. The summed E-state index contributed by atoms with van der Waals surface area (Å²) in [5, 5.41) is 6.08. The first-order valence-electron chi connectivity index (χ1n) is 8.58. The van der Waals surface area contributed by atoms with Gasteiger partial charge in [0.05, 0.1) is 14.2 Å². The van der Waals surface area contributed by atoms with Crippen LogP contribution in [0.4, 0.5) is 4.79 Å². The fourth-order valence-corrected chi connectivity index (χ4v) is 3.02. The number of hydrogen-bond acceptors (Lipinski definition) is 5. The Hall–Kier alpha value is -1.79. The molecular formula is C18H29N3O3. The lowest BCUT2D eigenvalue weighted by Gasteiger charge is -2.20. The number of carbonyl (C=O) groups excluding carboxylic acids is 1. The molecule has 0 bridgehead atoms. The lowest BCUT2D eigenvalue weighted by molar-refractivity contribution is 0.171. The summed E-state index contributed by atoms with van der Waals surface area (Å²) in [5.74, 6) is 0.949. The predicted molar refractivity (Wildman–Crippen MR) is 94.3 cm³/mol. The molecule has 1 aromatic carbocycles. The lowest BCUT2D eigenvalue weighted by Crippen LogP contribution is -2.32. The summed E-state index contributed by atoms with van der Waals surface area (Å²) in [6, 6.07) is 6.57. The number of carbonyl (C=O) groups is 1. The van der Waals surface area contributed by atoms with Crippen LogP contribution in [0.1, 0.15) is 36.9 Å². The molecule has 134 valence electrons. The van der Waals surface area contributed by atoms with Gasteiger partial charge in [-0.25, -0.2) is 4.79 Å². The molecule has 1 amide bonds. The number of nitrogens with one attached hydrogen (secondary N) is 2. The largest absolute Gasteiger partial charge is 0.496 e. The topological polar surface area (TPSA) is 62.8 Å². The van der Waals surface area contributed by atoms with Crippen molar-refractivity contribution in [3.05, 3.63) is 29.3 Å². The van der Waals surface area contributed by atoms with Gasteiger partial charge in [-0.05, 0) is 50.6 Å². The second kappa shape index (κ2) is 9.49. The Kier molecular flexibility index (Phi) is 7.34. The van der Waals surface area contributed by atoms with Crippen molar-refractivity contribution in [3.8, 4) is 5.75 Å². The first-order chi connectivity index (χ1) is 11.6. The Balaban J connectivity index is 1.92. The summed E-state index contributed by atoms with van der Waals surface area (Å²) < 4.78 is 10.1. The van der Waals surface area contributed by atoms with Crippen molar-refractivity contribution in [1.29, 1.82) is 0 Å². The van der Waals surface area contributed by atoms with Gasteiger partial charge in [0.2, 0.25) is 0 Å². The molecule has 0 aliphatic carbocycles. The van der Waals surface area contributed by atoms with Gasteiger partial charge in [-0.3, -0.25) is 4.90 Å². The number of amides is 1. The highest BCUT2D eigenvalue weighted by atomic mass is 16.5. The zero-order valence-electron chi connectivity index (χ0n) is 14.9. The van der Waals surface area contributed by atoms with Crippen LogP contribution in [0.3, 0.4) is 0 Å². The lowest BCUT2D eigenvalue weighted by atomic mass is 10.0. The molecule has 2 N–H and O–H groups in total. The summed E-state index contributed by atoms with van der Waals surface area (Å²) in [6.45, 7) is 6.62. The van der Waals surface area contributed by atoms with Crippen LogP contribution < -0.4 is 15.4 Å². The molecule has 24 heavy (non-hydrogen) atoms. The Morgan fingerprint density at radius 2 is 2.00 bits per heavy atom. The average Bonchev–Trinajstić information content (AvgIpc) is 3.11. The SMILES string of the molecule is COC(=O)NCCNC(C)c1ccc(OC)c(CN2CCCC2)c1. The van der Waals surface area contributed by atoms with E-state index in [9.17, 15) is 4.79 Å². The average molecular weight is 335 g/mol. The molecule has 0 saturated carbocycles. The van der Waals surface area contributed by atoms with Crippen LogP contribution in [-0.2, 0) is 11.3 Å². The normalized spacial score (nSPS) is 16.0. The molecule has 1 unspecified atom stereocenters. The van der Waals surface area contributed by atoms with E-state index in [1.807, 2.05) is 6.07 Å². The molecule has 0 spiro atoms. The Bertz CT molecular complexity index is 530. The maximum atomic E-state index is 11.0. The number of nitrogens with zero attached hydrogens (tertiary/aromatic N) is 1. The van der Waals surface area contributed by atoms with E-state index >= 15 is 0 Å². The highest BCUT2D eigenvalue weighted by molar-refractivity contribution is 5.66. The van der Waals surface area contributed by atoms with E-state index < -0.39 is 6.09 Å². The molecule has 1 aromatic rings. The second-order valence-electron chi connectivity index (χ2n) is 6.15. The summed E-state index contributed by atoms with van der Waals surface area (Å²) in [6.07, 6.45) is 2.17. The molecule has 6 heteroatoms. The first kappa shape index (κ1) is 18.5. The molecule has 1 saturated heterocycles. The monoisotopic (exact) mass is 335 g/mol. The number of likely N-dealkylation sites (tertiary alicyclic amines) is 1. The van der Waals surface area contributed by atoms with Gasteiger partial charge >= 0.3 is 6.09 Å². The number of hydrogen-bond donors (Lipinski definition) is 2. The van der Waals surface area contributed by atoms with E-state index in [0.29, 0.717) is 13.1 Å². The summed E-state index contributed by atoms with van der Waals surface area (Å²) in [4.78, 5) is 13.5. The number of methoxy groups -OCH3 is 2. The van der Waals surface area contributed by atoms with Crippen LogP contribution in [-0.4, -0.2) is 51.4 Å². The molecule has 2 rings (SSSR count). The van der Waals surface area contributed by atoms with Crippen LogP contribution in [0.15, 0.2) is 18.2 Å². The third-order valence-electron chi connectivity index (χ3n) is 4.43. The van der Waals surface area contributed by atoms with Crippen LogP contribution in [0.5, 0.6) is 5.75 Å². The number of benzene rings is 1. The minimum atomic E-state index is -0.401. The van der Waals surface area contributed by atoms with Crippen LogP contribution in [0.25, 0.3) is 0 Å². The third kappa shape index (κ3) is 5.39. The van der Waals surface area contributed by atoms with Crippen molar-refractivity contribution in [1.82, 2.24) is 15.5 Å². The maximum absolute atomic E-state index is 11.0. The van der Waals surface area contributed by atoms with Crippen LogP contribution in [0, 0.1) is 0 Å². The zero-order valence-corrected chi connectivity index (χ0v) is 14.9. The van der Waals surface area contributed by atoms with Gasteiger partial charge in [0.25, 0.3) is 0 Å². The molecule has 1 aliphatic heterocycles. The van der Waals surface area contributed by atoms with E-state index in [1.165, 1.54) is 44.2 Å². The summed E-state index contributed by atoms with van der Waals surface area (Å²) in [5.41, 5.74) is 2.46. The molecule has 1 aliphatic rings. The molecule has 0 aromatic heterocycles. The highest BCUT2D eigenvalue weighted by Crippen LogP contribution is 2.25. The van der Waals surface area contributed by atoms with Gasteiger partial charge in [-0.1, -0.05) is 6.07 Å². The third-order valence-corrected chi connectivity index (χ3v) is 4.43. The standard InChI is InChI=1S/C18H29N3O3/c1-14(19-8-9-20-18(22)24-3)15-6-7-17(23-2)16(12-15)13-21-10-4-5-11-21/h6-7,12,14,19H,4-5,8-11,13H2,1-3H3,(H,20,22). The quantitative estimate of drug-likeness (QED) is 0.714. The van der Waals surface area contributed by atoms with E-state index in [2.05, 4.69) is 39.3 Å². The second-order valence-corrected chi connectivity index (χ2v) is 6.15. The van der Waals surface area contributed by atoms with E-state index in [1.54, 1.807) is 7.11 Å². The molecule has 0 radical (unpaired) electrons. The van der Waals surface area contributed by atoms with Gasteiger partial charge in [0, 0.05) is 31.2 Å². The van der Waals surface area contributed by atoms with Gasteiger partial charge in [0.1, 0.15) is 5.75 Å². The number of ether oxygens (including phenoxy) is 2. The highest BCUT2D eigenvalue weighted by Gasteiger charge is 2.16. The van der Waals surface area contributed by atoms with E-state index in [4.69, 9.17) is 4.74 Å². The van der Waals surface area contributed by atoms with Gasteiger partial charge in [-0.15, -0.1) is 0 Å². The Labute approximate surface area is 144 Å². The first-order valence-corrected chi connectivity index (χ1v) is 8.58. The Morgan fingerprint density at radius 3 is 2.67 bits per heavy atom. The van der Waals surface area contributed by atoms with Crippen molar-refractivity contribution in [3.63, 3.8) is 0 Å². The molecule has 6 nitrogen and oxygen atoms in total. The van der Waals surface area contributed by atoms with Crippen molar-refractivity contribution in [2.24, 2.45) is 0 Å².